The summed E-state index contributed by atoms with van der Waals surface area (Å²) in [5.74, 6) is 1.97. The molecule has 2 saturated carbocycles. The van der Waals surface area contributed by atoms with Crippen LogP contribution in [-0.4, -0.2) is 19.1 Å². The molecule has 0 aromatic heterocycles. The van der Waals surface area contributed by atoms with E-state index >= 15 is 0 Å². The number of rotatable bonds is 2. The summed E-state index contributed by atoms with van der Waals surface area (Å²) in [6, 6.07) is 1.34. The molecule has 2 aliphatic carbocycles. The lowest BCUT2D eigenvalue weighted by molar-refractivity contribution is 0.296. The first kappa shape index (κ1) is 19.9. The molecule has 0 radical (unpaired) electrons. The fourth-order valence-electron chi connectivity index (χ4n) is 3.15. The molecule has 0 unspecified atom stereocenters. The van der Waals surface area contributed by atoms with Crippen LogP contribution in [0.4, 0.5) is 0 Å². The molecule has 0 spiro atoms. The van der Waals surface area contributed by atoms with E-state index in [4.69, 9.17) is 5.73 Å². The quantitative estimate of drug-likeness (QED) is 0.769. The molecule has 2 nitrogen and oxygen atoms in total. The van der Waals surface area contributed by atoms with Crippen LogP contribution in [0.25, 0.3) is 0 Å². The largest absolute Gasteiger partial charge is 0.328 e. The summed E-state index contributed by atoms with van der Waals surface area (Å²) in [4.78, 5) is 0. The maximum absolute atomic E-state index is 5.70. The molecule has 3 N–H and O–H groups in total. The van der Waals surface area contributed by atoms with Gasteiger partial charge in [-0.15, -0.1) is 0 Å². The number of nitrogens with one attached hydrogen (secondary N) is 1. The molecule has 0 heterocycles. The molecule has 0 amide bonds. The Balaban J connectivity index is 0.000000327. The zero-order chi connectivity index (χ0) is 15.4. The van der Waals surface area contributed by atoms with Crippen LogP contribution in [0.2, 0.25) is 0 Å². The zero-order valence-electron chi connectivity index (χ0n) is 14.8. The van der Waals surface area contributed by atoms with E-state index in [1.165, 1.54) is 57.8 Å². The van der Waals surface area contributed by atoms with E-state index in [1.54, 1.807) is 0 Å². The fraction of sp³-hybridized carbons (Fsp3) is 1.00. The summed E-state index contributed by atoms with van der Waals surface area (Å²) in [5.41, 5.74) is 5.70. The van der Waals surface area contributed by atoms with Crippen LogP contribution in [0.5, 0.6) is 0 Å². The molecule has 0 saturated heterocycles. The zero-order valence-corrected chi connectivity index (χ0v) is 14.8. The Hall–Kier alpha value is -0.0800. The van der Waals surface area contributed by atoms with E-state index in [0.29, 0.717) is 6.04 Å². The van der Waals surface area contributed by atoms with E-state index < -0.39 is 0 Å². The smallest absolute Gasteiger partial charge is 0.00642 e. The molecule has 0 aromatic carbocycles. The molecule has 0 aliphatic heterocycles. The first-order valence-corrected chi connectivity index (χ1v) is 9.08. The maximum Gasteiger partial charge on any atom is 0.00642 e. The Morgan fingerprint density at radius 3 is 1.75 bits per heavy atom. The van der Waals surface area contributed by atoms with Gasteiger partial charge in [-0.05, 0) is 70.3 Å². The van der Waals surface area contributed by atoms with Gasteiger partial charge in [0.2, 0.25) is 0 Å². The van der Waals surface area contributed by atoms with Crippen LogP contribution in [0, 0.1) is 11.8 Å². The van der Waals surface area contributed by atoms with Gasteiger partial charge in [0, 0.05) is 12.1 Å². The molecule has 122 valence electrons. The minimum Gasteiger partial charge on any atom is -0.328 e. The lowest BCUT2D eigenvalue weighted by Gasteiger charge is -2.27. The predicted octanol–water partition coefficient (Wildman–Crippen LogP) is 4.72. The van der Waals surface area contributed by atoms with Crippen molar-refractivity contribution in [3.63, 3.8) is 0 Å². The monoisotopic (exact) mass is 284 g/mol. The highest BCUT2D eigenvalue weighted by molar-refractivity contribution is 4.74. The van der Waals surface area contributed by atoms with E-state index in [-0.39, 0.29) is 0 Å². The highest BCUT2D eigenvalue weighted by atomic mass is 14.9. The average Bonchev–Trinajstić information content (AvgIpc) is 2.53. The third-order valence-electron chi connectivity index (χ3n) is 4.89. The number of hydrogen-bond acceptors (Lipinski definition) is 2. The first-order chi connectivity index (χ1) is 9.65. The molecule has 0 aromatic rings. The lowest BCUT2D eigenvalue weighted by Crippen LogP contribution is -2.29. The van der Waals surface area contributed by atoms with Gasteiger partial charge in [-0.2, -0.15) is 0 Å². The predicted molar refractivity (Wildman–Crippen MR) is 92.1 cm³/mol. The van der Waals surface area contributed by atoms with E-state index in [2.05, 4.69) is 26.2 Å². The molecular formula is C18H40N2. The van der Waals surface area contributed by atoms with Crippen molar-refractivity contribution in [1.82, 2.24) is 5.32 Å². The molecular weight excluding hydrogens is 244 g/mol. The molecule has 2 rings (SSSR count). The lowest BCUT2D eigenvalue weighted by atomic mass is 9.85. The minimum atomic E-state index is 0.520. The molecule has 2 heteroatoms. The van der Waals surface area contributed by atoms with Crippen molar-refractivity contribution in [2.45, 2.75) is 97.6 Å². The molecule has 2 fully saturated rings. The van der Waals surface area contributed by atoms with Crippen molar-refractivity contribution < 1.29 is 0 Å². The summed E-state index contributed by atoms with van der Waals surface area (Å²) in [6.07, 6.45) is 12.3. The normalized spacial score (nSPS) is 33.3. The van der Waals surface area contributed by atoms with Crippen LogP contribution < -0.4 is 11.1 Å². The Bertz CT molecular complexity index is 168. The first-order valence-electron chi connectivity index (χ1n) is 9.08. The Morgan fingerprint density at radius 1 is 0.900 bits per heavy atom. The molecule has 0 atom stereocenters. The van der Waals surface area contributed by atoms with Gasteiger partial charge >= 0.3 is 0 Å². The van der Waals surface area contributed by atoms with Crippen molar-refractivity contribution in [1.29, 1.82) is 0 Å². The second kappa shape index (κ2) is 12.6. The number of hydrogen-bond donors (Lipinski definition) is 2. The Morgan fingerprint density at radius 2 is 1.40 bits per heavy atom. The standard InChI is InChI=1S/C9H19N.C7H15N.C2H6/c1-3-8-4-6-9(10-2)7-5-8;1-6-2-4-7(8)5-3-6;1-2/h8-10H,3-7H2,1-2H3;6-7H,2-5,8H2,1H3;1-2H3. The van der Waals surface area contributed by atoms with Crippen LogP contribution in [0.3, 0.4) is 0 Å². The van der Waals surface area contributed by atoms with Crippen molar-refractivity contribution in [3.05, 3.63) is 0 Å². The van der Waals surface area contributed by atoms with Gasteiger partial charge in [-0.3, -0.25) is 0 Å². The highest BCUT2D eigenvalue weighted by Crippen LogP contribution is 2.26. The van der Waals surface area contributed by atoms with Crippen LogP contribution in [0.15, 0.2) is 0 Å². The van der Waals surface area contributed by atoms with Crippen LogP contribution in [0.1, 0.15) is 85.5 Å². The third-order valence-corrected chi connectivity index (χ3v) is 4.89. The highest BCUT2D eigenvalue weighted by Gasteiger charge is 2.17. The second-order valence-corrected chi connectivity index (χ2v) is 6.43. The maximum atomic E-state index is 5.70. The SMILES string of the molecule is CC.CC1CCC(N)CC1.CCC1CCC(NC)CC1. The van der Waals surface area contributed by atoms with E-state index in [1.807, 2.05) is 13.8 Å². The van der Waals surface area contributed by atoms with Crippen molar-refractivity contribution >= 4 is 0 Å². The summed E-state index contributed by atoms with van der Waals surface area (Å²) < 4.78 is 0. The van der Waals surface area contributed by atoms with Crippen molar-refractivity contribution in [2.75, 3.05) is 7.05 Å². The third kappa shape index (κ3) is 8.97. The van der Waals surface area contributed by atoms with E-state index in [9.17, 15) is 0 Å². The number of nitrogens with two attached hydrogens (primary N) is 1. The Labute approximate surface area is 128 Å². The van der Waals surface area contributed by atoms with Crippen LogP contribution >= 0.6 is 0 Å². The van der Waals surface area contributed by atoms with Gasteiger partial charge in [0.05, 0.1) is 0 Å². The topological polar surface area (TPSA) is 38.0 Å². The van der Waals surface area contributed by atoms with Crippen molar-refractivity contribution in [3.8, 4) is 0 Å². The summed E-state index contributed by atoms with van der Waals surface area (Å²) in [6.45, 7) is 8.62. The van der Waals surface area contributed by atoms with Gasteiger partial charge < -0.3 is 11.1 Å². The summed E-state index contributed by atoms with van der Waals surface area (Å²) in [7, 11) is 2.08. The van der Waals surface area contributed by atoms with Gasteiger partial charge in [0.15, 0.2) is 0 Å². The average molecular weight is 285 g/mol. The summed E-state index contributed by atoms with van der Waals surface area (Å²) >= 11 is 0. The molecule has 2 aliphatic rings. The van der Waals surface area contributed by atoms with Crippen molar-refractivity contribution in [2.24, 2.45) is 17.6 Å². The van der Waals surface area contributed by atoms with Gasteiger partial charge in [0.25, 0.3) is 0 Å². The second-order valence-electron chi connectivity index (χ2n) is 6.43. The van der Waals surface area contributed by atoms with Gasteiger partial charge in [-0.1, -0.05) is 34.1 Å². The van der Waals surface area contributed by atoms with Crippen LogP contribution in [-0.2, 0) is 0 Å². The molecule has 20 heavy (non-hydrogen) atoms. The summed E-state index contributed by atoms with van der Waals surface area (Å²) in [5, 5.41) is 3.35. The van der Waals surface area contributed by atoms with Gasteiger partial charge in [0.1, 0.15) is 0 Å². The van der Waals surface area contributed by atoms with E-state index in [0.717, 1.165) is 17.9 Å². The fourth-order valence-corrected chi connectivity index (χ4v) is 3.15. The van der Waals surface area contributed by atoms with Gasteiger partial charge in [-0.25, -0.2) is 0 Å². The minimum absolute atomic E-state index is 0.520. The Kier molecular flexibility index (Phi) is 12.6. The molecule has 0 bridgehead atoms.